The van der Waals surface area contributed by atoms with Gasteiger partial charge < -0.3 is 19.8 Å². The Morgan fingerprint density at radius 2 is 1.79 bits per heavy atom. The standard InChI is InChI=1S/C26H28N2O5/c29-21-9-4-8-20(18-21)24-23(22(30)11-10-19-6-2-1-3-7-19)25(31)26(32)28(24)13-5-12-27-14-16-33-17-15-27/h1-4,6-11,18,24,29,31H,5,12-17H2/b11-10+/t24-/m1/s1. The van der Waals surface area contributed by atoms with Crippen molar-refractivity contribution in [2.75, 3.05) is 39.4 Å². The van der Waals surface area contributed by atoms with Gasteiger partial charge in [-0.25, -0.2) is 0 Å². The lowest BCUT2D eigenvalue weighted by Gasteiger charge is -2.30. The van der Waals surface area contributed by atoms with Crippen molar-refractivity contribution in [3.05, 3.63) is 83.1 Å². The Balaban J connectivity index is 1.57. The fraction of sp³-hybridized carbons (Fsp3) is 0.308. The molecule has 172 valence electrons. The second kappa shape index (κ2) is 10.5. The third-order valence-electron chi connectivity index (χ3n) is 5.96. The van der Waals surface area contributed by atoms with Crippen molar-refractivity contribution in [1.82, 2.24) is 9.80 Å². The number of aliphatic hydroxyl groups is 1. The topological polar surface area (TPSA) is 90.3 Å². The van der Waals surface area contributed by atoms with Gasteiger partial charge in [-0.05, 0) is 35.8 Å². The number of nitrogens with zero attached hydrogens (tertiary/aromatic N) is 2. The van der Waals surface area contributed by atoms with Crippen molar-refractivity contribution < 1.29 is 24.5 Å². The number of ether oxygens (including phenoxy) is 1. The van der Waals surface area contributed by atoms with Crippen molar-refractivity contribution in [3.8, 4) is 5.75 Å². The fourth-order valence-corrected chi connectivity index (χ4v) is 4.29. The van der Waals surface area contributed by atoms with Crippen LogP contribution in [0.4, 0.5) is 0 Å². The molecule has 33 heavy (non-hydrogen) atoms. The van der Waals surface area contributed by atoms with Crippen LogP contribution in [0.2, 0.25) is 0 Å². The predicted octanol–water partition coefficient (Wildman–Crippen LogP) is 3.09. The molecule has 1 amide bonds. The number of benzene rings is 2. The van der Waals surface area contributed by atoms with Gasteiger partial charge in [0.25, 0.3) is 5.91 Å². The monoisotopic (exact) mass is 448 g/mol. The van der Waals surface area contributed by atoms with Gasteiger partial charge in [0.15, 0.2) is 11.5 Å². The summed E-state index contributed by atoms with van der Waals surface area (Å²) in [5, 5.41) is 20.7. The van der Waals surface area contributed by atoms with Crippen molar-refractivity contribution in [2.24, 2.45) is 0 Å². The molecule has 0 aliphatic carbocycles. The van der Waals surface area contributed by atoms with Gasteiger partial charge in [0.05, 0.1) is 24.8 Å². The molecule has 0 saturated carbocycles. The molecular weight excluding hydrogens is 420 g/mol. The van der Waals surface area contributed by atoms with Crippen molar-refractivity contribution >= 4 is 17.8 Å². The Kier molecular flexibility index (Phi) is 7.22. The van der Waals surface area contributed by atoms with Gasteiger partial charge in [-0.3, -0.25) is 14.5 Å². The summed E-state index contributed by atoms with van der Waals surface area (Å²) in [7, 11) is 0. The molecule has 2 aliphatic heterocycles. The number of allylic oxidation sites excluding steroid dienone is 1. The predicted molar refractivity (Wildman–Crippen MR) is 125 cm³/mol. The smallest absolute Gasteiger partial charge is 0.290 e. The first-order valence-corrected chi connectivity index (χ1v) is 11.1. The molecule has 7 nitrogen and oxygen atoms in total. The maximum absolute atomic E-state index is 13.1. The summed E-state index contributed by atoms with van der Waals surface area (Å²) in [5.41, 5.74) is 1.45. The highest BCUT2D eigenvalue weighted by molar-refractivity contribution is 6.14. The number of phenolic OH excluding ortho intramolecular Hbond substituents is 1. The molecule has 0 aromatic heterocycles. The second-order valence-electron chi connectivity index (χ2n) is 8.17. The second-order valence-corrected chi connectivity index (χ2v) is 8.17. The molecule has 0 unspecified atom stereocenters. The van der Waals surface area contributed by atoms with E-state index in [1.807, 2.05) is 30.3 Å². The van der Waals surface area contributed by atoms with Crippen LogP contribution < -0.4 is 0 Å². The molecule has 1 saturated heterocycles. The lowest BCUT2D eigenvalue weighted by molar-refractivity contribution is -0.129. The van der Waals surface area contributed by atoms with Gasteiger partial charge >= 0.3 is 0 Å². The Morgan fingerprint density at radius 3 is 2.52 bits per heavy atom. The number of amides is 1. The first kappa shape index (κ1) is 22.8. The van der Waals surface area contributed by atoms with Gasteiger partial charge in [0, 0.05) is 26.2 Å². The number of morpholine rings is 1. The molecule has 0 bridgehead atoms. The molecule has 2 aliphatic rings. The van der Waals surface area contributed by atoms with Crippen LogP contribution in [0.3, 0.4) is 0 Å². The van der Waals surface area contributed by atoms with E-state index in [2.05, 4.69) is 4.90 Å². The SMILES string of the molecule is O=C(/C=C/c1ccccc1)C1=C(O)C(=O)N(CCCN2CCOCC2)[C@@H]1c1cccc(O)c1. The van der Waals surface area contributed by atoms with E-state index in [0.717, 1.165) is 25.2 Å². The summed E-state index contributed by atoms with van der Waals surface area (Å²) in [5.74, 6) is -1.50. The van der Waals surface area contributed by atoms with Crippen LogP contribution in [0.5, 0.6) is 5.75 Å². The maximum atomic E-state index is 13.1. The maximum Gasteiger partial charge on any atom is 0.290 e. The summed E-state index contributed by atoms with van der Waals surface area (Å²) in [6.45, 7) is 4.26. The van der Waals surface area contributed by atoms with Gasteiger partial charge in [0.2, 0.25) is 0 Å². The Bertz CT molecular complexity index is 1060. The van der Waals surface area contributed by atoms with E-state index in [0.29, 0.717) is 31.7 Å². The van der Waals surface area contributed by atoms with Crippen LogP contribution in [0.1, 0.15) is 23.6 Å². The minimum Gasteiger partial charge on any atom is -0.508 e. The number of aliphatic hydroxyl groups excluding tert-OH is 1. The van der Waals surface area contributed by atoms with Gasteiger partial charge in [0.1, 0.15) is 5.75 Å². The third-order valence-corrected chi connectivity index (χ3v) is 5.96. The zero-order valence-corrected chi connectivity index (χ0v) is 18.4. The average Bonchev–Trinajstić information content (AvgIpc) is 3.09. The van der Waals surface area contributed by atoms with Gasteiger partial charge in [-0.2, -0.15) is 0 Å². The summed E-state index contributed by atoms with van der Waals surface area (Å²) in [6, 6.07) is 15.1. The lowest BCUT2D eigenvalue weighted by Crippen LogP contribution is -2.39. The summed E-state index contributed by atoms with van der Waals surface area (Å²) >= 11 is 0. The number of ketones is 1. The Labute approximate surface area is 193 Å². The van der Waals surface area contributed by atoms with Crippen LogP contribution >= 0.6 is 0 Å². The highest BCUT2D eigenvalue weighted by Gasteiger charge is 2.42. The first-order valence-electron chi connectivity index (χ1n) is 11.1. The van der Waals surface area contributed by atoms with E-state index < -0.39 is 23.5 Å². The van der Waals surface area contributed by atoms with Crippen LogP contribution in [-0.4, -0.2) is 71.1 Å². The highest BCUT2D eigenvalue weighted by Crippen LogP contribution is 2.39. The van der Waals surface area contributed by atoms with E-state index in [1.54, 1.807) is 18.2 Å². The largest absolute Gasteiger partial charge is 0.508 e. The summed E-state index contributed by atoms with van der Waals surface area (Å²) in [6.07, 6.45) is 3.73. The molecule has 2 aromatic carbocycles. The lowest BCUT2D eigenvalue weighted by atomic mass is 9.95. The van der Waals surface area contributed by atoms with Crippen LogP contribution in [-0.2, 0) is 14.3 Å². The van der Waals surface area contributed by atoms with E-state index in [-0.39, 0.29) is 11.3 Å². The molecule has 2 aromatic rings. The number of carbonyl (C=O) groups is 2. The zero-order valence-electron chi connectivity index (χ0n) is 18.4. The molecule has 2 heterocycles. The average molecular weight is 449 g/mol. The molecular formula is C26H28N2O5. The van der Waals surface area contributed by atoms with Crippen LogP contribution in [0.15, 0.2) is 72.0 Å². The summed E-state index contributed by atoms with van der Waals surface area (Å²) in [4.78, 5) is 29.9. The molecule has 1 atom stereocenters. The minimum atomic E-state index is -0.762. The zero-order chi connectivity index (χ0) is 23.2. The quantitative estimate of drug-likeness (QED) is 0.603. The van der Waals surface area contributed by atoms with Crippen LogP contribution in [0, 0.1) is 0 Å². The van der Waals surface area contributed by atoms with Crippen LogP contribution in [0.25, 0.3) is 6.08 Å². The van der Waals surface area contributed by atoms with E-state index >= 15 is 0 Å². The van der Waals surface area contributed by atoms with Gasteiger partial charge in [-0.1, -0.05) is 48.5 Å². The summed E-state index contributed by atoms with van der Waals surface area (Å²) < 4.78 is 5.38. The van der Waals surface area contributed by atoms with Crippen molar-refractivity contribution in [3.63, 3.8) is 0 Å². The van der Waals surface area contributed by atoms with E-state index in [1.165, 1.54) is 23.1 Å². The molecule has 1 fully saturated rings. The minimum absolute atomic E-state index is 0.0316. The third kappa shape index (κ3) is 5.32. The number of aromatic hydroxyl groups is 1. The number of hydrogen-bond donors (Lipinski definition) is 2. The molecule has 0 radical (unpaired) electrons. The van der Waals surface area contributed by atoms with Crippen molar-refractivity contribution in [1.29, 1.82) is 0 Å². The number of carbonyl (C=O) groups excluding carboxylic acids is 2. The Morgan fingerprint density at radius 1 is 1.03 bits per heavy atom. The highest BCUT2D eigenvalue weighted by atomic mass is 16.5. The fourth-order valence-electron chi connectivity index (χ4n) is 4.29. The first-order chi connectivity index (χ1) is 16.0. The normalized spacial score (nSPS) is 19.6. The number of phenols is 1. The van der Waals surface area contributed by atoms with E-state index in [4.69, 9.17) is 4.74 Å². The van der Waals surface area contributed by atoms with E-state index in [9.17, 15) is 19.8 Å². The molecule has 2 N–H and O–H groups in total. The molecule has 4 rings (SSSR count). The molecule has 0 spiro atoms. The van der Waals surface area contributed by atoms with Crippen molar-refractivity contribution in [2.45, 2.75) is 12.5 Å². The Hall–Kier alpha value is -3.42. The number of hydrogen-bond acceptors (Lipinski definition) is 6. The number of rotatable bonds is 8. The van der Waals surface area contributed by atoms with Gasteiger partial charge in [-0.15, -0.1) is 0 Å². The molecule has 7 heteroatoms.